The summed E-state index contributed by atoms with van der Waals surface area (Å²) in [7, 11) is 0. The van der Waals surface area contributed by atoms with Gasteiger partial charge in [-0.15, -0.1) is 0 Å². The van der Waals surface area contributed by atoms with Gasteiger partial charge >= 0.3 is 0 Å². The topological polar surface area (TPSA) is 28.7 Å². The Morgan fingerprint density at radius 3 is 2.70 bits per heavy atom. The summed E-state index contributed by atoms with van der Waals surface area (Å²) in [5, 5.41) is 3.12. The second-order valence-electron chi connectivity index (χ2n) is 4.76. The molecule has 1 N–H and O–H groups in total. The van der Waals surface area contributed by atoms with E-state index in [0.717, 1.165) is 27.3 Å². The van der Waals surface area contributed by atoms with E-state index in [4.69, 9.17) is 11.6 Å². The van der Waals surface area contributed by atoms with Crippen LogP contribution in [0.4, 0.5) is 0 Å². The van der Waals surface area contributed by atoms with E-state index in [1.165, 1.54) is 10.8 Å². The largest absolute Gasteiger partial charge is 0.353 e. The Balaban J connectivity index is 2.10. The molecule has 0 radical (unpaired) electrons. The molecule has 0 unspecified atom stereocenters. The molecule has 2 aromatic heterocycles. The second-order valence-corrected chi connectivity index (χ2v) is 5.20. The van der Waals surface area contributed by atoms with Gasteiger partial charge in [0, 0.05) is 33.1 Å². The highest BCUT2D eigenvalue weighted by Gasteiger charge is 2.10. The van der Waals surface area contributed by atoms with Gasteiger partial charge in [-0.3, -0.25) is 4.98 Å². The van der Waals surface area contributed by atoms with Gasteiger partial charge in [-0.1, -0.05) is 41.9 Å². The predicted octanol–water partition coefficient (Wildman–Crippen LogP) is 5.04. The van der Waals surface area contributed by atoms with Gasteiger partial charge in [0.15, 0.2) is 0 Å². The molecule has 0 atom stereocenters. The minimum atomic E-state index is 0.720. The average molecular weight is 279 g/mol. The summed E-state index contributed by atoms with van der Waals surface area (Å²) in [6.45, 7) is 0. The molecule has 2 aromatic carbocycles. The second kappa shape index (κ2) is 4.36. The molecule has 2 heterocycles. The number of benzene rings is 2. The van der Waals surface area contributed by atoms with Crippen molar-refractivity contribution < 1.29 is 0 Å². The number of halogens is 1. The SMILES string of the molecule is Clc1cccc(-c2nccc3c2[nH]c2ccccc23)c1. The molecule has 0 saturated heterocycles. The molecular formula is C17H11ClN2. The van der Waals surface area contributed by atoms with E-state index in [1.807, 2.05) is 42.6 Å². The van der Waals surface area contributed by atoms with Gasteiger partial charge in [0.25, 0.3) is 0 Å². The van der Waals surface area contributed by atoms with Crippen molar-refractivity contribution in [3.63, 3.8) is 0 Å². The van der Waals surface area contributed by atoms with Crippen molar-refractivity contribution in [3.8, 4) is 11.3 Å². The quantitative estimate of drug-likeness (QED) is 0.519. The Bertz CT molecular complexity index is 924. The van der Waals surface area contributed by atoms with Crippen molar-refractivity contribution in [2.75, 3.05) is 0 Å². The fourth-order valence-corrected chi connectivity index (χ4v) is 2.82. The average Bonchev–Trinajstić information content (AvgIpc) is 2.86. The number of nitrogens with one attached hydrogen (secondary N) is 1. The van der Waals surface area contributed by atoms with Crippen LogP contribution in [-0.2, 0) is 0 Å². The summed E-state index contributed by atoms with van der Waals surface area (Å²) in [6.07, 6.45) is 1.85. The number of rotatable bonds is 1. The molecule has 4 rings (SSSR count). The number of aromatic nitrogens is 2. The molecule has 3 heteroatoms. The first-order valence-electron chi connectivity index (χ1n) is 6.44. The van der Waals surface area contributed by atoms with Crippen LogP contribution >= 0.6 is 11.6 Å². The number of para-hydroxylation sites is 1. The molecule has 0 aliphatic heterocycles. The van der Waals surface area contributed by atoms with Crippen LogP contribution in [0.15, 0.2) is 60.8 Å². The highest BCUT2D eigenvalue weighted by atomic mass is 35.5. The van der Waals surface area contributed by atoms with Crippen LogP contribution in [-0.4, -0.2) is 9.97 Å². The lowest BCUT2D eigenvalue weighted by atomic mass is 10.1. The zero-order valence-corrected chi connectivity index (χ0v) is 11.4. The number of nitrogens with zero attached hydrogens (tertiary/aromatic N) is 1. The lowest BCUT2D eigenvalue weighted by Gasteiger charge is -2.03. The summed E-state index contributed by atoms with van der Waals surface area (Å²) in [5.41, 5.74) is 4.13. The molecule has 4 aromatic rings. The van der Waals surface area contributed by atoms with E-state index >= 15 is 0 Å². The maximum atomic E-state index is 6.09. The third-order valence-corrected chi connectivity index (χ3v) is 3.76. The van der Waals surface area contributed by atoms with Crippen LogP contribution in [0.2, 0.25) is 5.02 Å². The van der Waals surface area contributed by atoms with Gasteiger partial charge in [0.2, 0.25) is 0 Å². The van der Waals surface area contributed by atoms with E-state index in [9.17, 15) is 0 Å². The van der Waals surface area contributed by atoms with Crippen LogP contribution in [0.3, 0.4) is 0 Å². The van der Waals surface area contributed by atoms with Crippen molar-refractivity contribution in [2.45, 2.75) is 0 Å². The van der Waals surface area contributed by atoms with Crippen molar-refractivity contribution >= 4 is 33.4 Å². The summed E-state index contributed by atoms with van der Waals surface area (Å²) < 4.78 is 0. The first kappa shape index (κ1) is 11.5. The zero-order valence-electron chi connectivity index (χ0n) is 10.6. The Morgan fingerprint density at radius 2 is 1.80 bits per heavy atom. The molecule has 96 valence electrons. The third-order valence-electron chi connectivity index (χ3n) is 3.53. The van der Waals surface area contributed by atoms with Crippen molar-refractivity contribution in [2.24, 2.45) is 0 Å². The van der Waals surface area contributed by atoms with Crippen molar-refractivity contribution in [1.29, 1.82) is 0 Å². The Kier molecular flexibility index (Phi) is 2.51. The van der Waals surface area contributed by atoms with Crippen LogP contribution in [0.5, 0.6) is 0 Å². The number of hydrogen-bond donors (Lipinski definition) is 1. The van der Waals surface area contributed by atoms with Gasteiger partial charge in [-0.2, -0.15) is 0 Å². The molecule has 0 amide bonds. The van der Waals surface area contributed by atoms with Crippen molar-refractivity contribution in [3.05, 3.63) is 65.8 Å². The fourth-order valence-electron chi connectivity index (χ4n) is 2.63. The molecule has 0 aliphatic carbocycles. The van der Waals surface area contributed by atoms with E-state index < -0.39 is 0 Å². The number of fused-ring (bicyclic) bond motifs is 3. The monoisotopic (exact) mass is 278 g/mol. The molecule has 0 fully saturated rings. The van der Waals surface area contributed by atoms with Crippen LogP contribution in [0.25, 0.3) is 33.1 Å². The van der Waals surface area contributed by atoms with Gasteiger partial charge in [0.1, 0.15) is 0 Å². The summed E-state index contributed by atoms with van der Waals surface area (Å²) in [4.78, 5) is 7.98. The van der Waals surface area contributed by atoms with Gasteiger partial charge in [0.05, 0.1) is 11.2 Å². The minimum Gasteiger partial charge on any atom is -0.353 e. The lowest BCUT2D eigenvalue weighted by Crippen LogP contribution is -1.84. The van der Waals surface area contributed by atoms with Gasteiger partial charge in [-0.05, 0) is 24.3 Å². The van der Waals surface area contributed by atoms with E-state index in [-0.39, 0.29) is 0 Å². The van der Waals surface area contributed by atoms with Crippen molar-refractivity contribution in [1.82, 2.24) is 9.97 Å². The summed E-state index contributed by atoms with van der Waals surface area (Å²) in [6, 6.07) is 18.1. The molecule has 0 bridgehead atoms. The highest BCUT2D eigenvalue weighted by molar-refractivity contribution is 6.30. The molecule has 0 spiro atoms. The van der Waals surface area contributed by atoms with E-state index in [1.54, 1.807) is 0 Å². The lowest BCUT2D eigenvalue weighted by molar-refractivity contribution is 1.34. The van der Waals surface area contributed by atoms with Crippen LogP contribution in [0.1, 0.15) is 0 Å². The number of H-pyrrole nitrogens is 1. The Morgan fingerprint density at radius 1 is 0.900 bits per heavy atom. The number of pyridine rings is 1. The number of aromatic amines is 1. The number of hydrogen-bond acceptors (Lipinski definition) is 1. The molecular weight excluding hydrogens is 268 g/mol. The van der Waals surface area contributed by atoms with Crippen LogP contribution in [0, 0.1) is 0 Å². The highest BCUT2D eigenvalue weighted by Crippen LogP contribution is 2.32. The standard InChI is InChI=1S/C17H11ClN2/c18-12-5-3-4-11(10-12)16-17-14(8-9-19-16)13-6-1-2-7-15(13)20-17/h1-10,20H. The first-order valence-corrected chi connectivity index (χ1v) is 6.82. The maximum Gasteiger partial charge on any atom is 0.0943 e. The molecule has 0 aliphatic rings. The van der Waals surface area contributed by atoms with Gasteiger partial charge in [-0.25, -0.2) is 0 Å². The zero-order chi connectivity index (χ0) is 13.5. The fraction of sp³-hybridized carbons (Fsp3) is 0. The first-order chi connectivity index (χ1) is 9.83. The molecule has 2 nitrogen and oxygen atoms in total. The Hall–Kier alpha value is -2.32. The predicted molar refractivity (Wildman–Crippen MR) is 84.0 cm³/mol. The molecule has 0 saturated carbocycles. The van der Waals surface area contributed by atoms with Crippen LogP contribution < -0.4 is 0 Å². The summed E-state index contributed by atoms with van der Waals surface area (Å²) in [5.74, 6) is 0. The smallest absolute Gasteiger partial charge is 0.0943 e. The normalized spacial score (nSPS) is 11.2. The maximum absolute atomic E-state index is 6.09. The van der Waals surface area contributed by atoms with Gasteiger partial charge < -0.3 is 4.98 Å². The third kappa shape index (κ3) is 1.69. The minimum absolute atomic E-state index is 0.720. The Labute approximate surface area is 121 Å². The van der Waals surface area contributed by atoms with E-state index in [0.29, 0.717) is 0 Å². The van der Waals surface area contributed by atoms with E-state index in [2.05, 4.69) is 28.2 Å². The molecule has 20 heavy (non-hydrogen) atoms. The summed E-state index contributed by atoms with van der Waals surface area (Å²) >= 11 is 6.09.